The third kappa shape index (κ3) is 7.74. The molecule has 5 nitrogen and oxygen atoms in total. The van der Waals surface area contributed by atoms with E-state index in [1.54, 1.807) is 12.1 Å². The Labute approximate surface area is 180 Å². The van der Waals surface area contributed by atoms with Crippen LogP contribution in [0.3, 0.4) is 0 Å². The molecule has 2 fully saturated rings. The Morgan fingerprint density at radius 1 is 1.24 bits per heavy atom. The van der Waals surface area contributed by atoms with Gasteiger partial charge in [0.05, 0.1) is 0 Å². The van der Waals surface area contributed by atoms with Crippen molar-refractivity contribution in [2.24, 2.45) is 5.92 Å². The number of rotatable bonds is 8. The number of unbranched alkanes of at least 4 members (excludes halogenated alkanes) is 1. The number of hydrogen-bond acceptors (Lipinski definition) is 4. The fourth-order valence-corrected chi connectivity index (χ4v) is 6.84. The third-order valence-corrected chi connectivity index (χ3v) is 8.41. The lowest BCUT2D eigenvalue weighted by Crippen LogP contribution is -2.44. The number of nitrogens with zero attached hydrogens (tertiary/aromatic N) is 1. The first-order valence-electron chi connectivity index (χ1n) is 10.5. The lowest BCUT2D eigenvalue weighted by molar-refractivity contribution is -0.133. The smallest absolute Gasteiger partial charge is 0.319 e. The number of carbonyl (C=O) groups excluding carboxylic acids is 2. The molecule has 29 heavy (non-hydrogen) atoms. The summed E-state index contributed by atoms with van der Waals surface area (Å²) in [6.07, 6.45) is 7.22. The second kappa shape index (κ2) is 11.7. The third-order valence-electron chi connectivity index (χ3n) is 5.40. The van der Waals surface area contributed by atoms with Crippen LogP contribution in [0.5, 0.6) is 0 Å². The summed E-state index contributed by atoms with van der Waals surface area (Å²) in [5, 5.41) is 6.27. The number of urea groups is 1. The number of halogens is 1. The number of likely N-dealkylation sites (tertiary alicyclic amines) is 1. The molecule has 1 aromatic carbocycles. The van der Waals surface area contributed by atoms with Crippen molar-refractivity contribution in [1.29, 1.82) is 0 Å². The van der Waals surface area contributed by atoms with Crippen LogP contribution in [0.2, 0.25) is 0 Å². The van der Waals surface area contributed by atoms with Gasteiger partial charge in [0, 0.05) is 42.7 Å². The van der Waals surface area contributed by atoms with Gasteiger partial charge in [0.15, 0.2) is 0 Å². The molecule has 2 heterocycles. The van der Waals surface area contributed by atoms with E-state index in [0.717, 1.165) is 37.5 Å². The van der Waals surface area contributed by atoms with Gasteiger partial charge in [-0.05, 0) is 56.2 Å². The largest absolute Gasteiger partial charge is 0.342 e. The molecule has 2 N–H and O–H groups in total. The van der Waals surface area contributed by atoms with Crippen molar-refractivity contribution in [1.82, 2.24) is 10.2 Å². The Bertz CT molecular complexity index is 686. The predicted octanol–water partition coefficient (Wildman–Crippen LogP) is 4.90. The van der Waals surface area contributed by atoms with E-state index in [1.807, 2.05) is 26.5 Å². The fourth-order valence-electron chi connectivity index (χ4n) is 3.81. The molecule has 3 rings (SSSR count). The van der Waals surface area contributed by atoms with Gasteiger partial charge < -0.3 is 15.5 Å². The normalized spacial score (nSPS) is 21.8. The van der Waals surface area contributed by atoms with E-state index in [1.165, 1.54) is 30.7 Å². The molecule has 0 saturated carbocycles. The topological polar surface area (TPSA) is 61.4 Å². The summed E-state index contributed by atoms with van der Waals surface area (Å²) >= 11 is 0. The van der Waals surface area contributed by atoms with E-state index in [9.17, 15) is 14.0 Å². The monoisotopic (exact) mass is 439 g/mol. The Morgan fingerprint density at radius 3 is 2.93 bits per heavy atom. The van der Waals surface area contributed by atoms with Gasteiger partial charge in [-0.15, -0.1) is 0 Å². The van der Waals surface area contributed by atoms with Crippen LogP contribution in [0.1, 0.15) is 44.9 Å². The quantitative estimate of drug-likeness (QED) is 0.447. The van der Waals surface area contributed by atoms with Crippen molar-refractivity contribution in [3.8, 4) is 0 Å². The van der Waals surface area contributed by atoms with Gasteiger partial charge in [-0.25, -0.2) is 9.18 Å². The van der Waals surface area contributed by atoms with Crippen LogP contribution in [0.25, 0.3) is 0 Å². The number of nitrogens with one attached hydrogen (secondary N) is 2. The Morgan fingerprint density at radius 2 is 2.14 bits per heavy atom. The highest BCUT2D eigenvalue weighted by Crippen LogP contribution is 2.39. The van der Waals surface area contributed by atoms with Crippen LogP contribution >= 0.6 is 21.6 Å². The molecule has 0 spiro atoms. The van der Waals surface area contributed by atoms with Crippen LogP contribution in [0, 0.1) is 11.7 Å². The van der Waals surface area contributed by atoms with E-state index in [4.69, 9.17) is 0 Å². The molecule has 0 radical (unpaired) electrons. The minimum atomic E-state index is -0.384. The summed E-state index contributed by atoms with van der Waals surface area (Å²) in [5.74, 6) is 1.38. The lowest BCUT2D eigenvalue weighted by atomic mass is 9.97. The molecule has 0 bridgehead atoms. The van der Waals surface area contributed by atoms with Crippen molar-refractivity contribution < 1.29 is 14.0 Å². The van der Waals surface area contributed by atoms with Crippen molar-refractivity contribution >= 4 is 39.2 Å². The summed E-state index contributed by atoms with van der Waals surface area (Å²) in [7, 11) is 3.97. The Balaban J connectivity index is 1.32. The lowest BCUT2D eigenvalue weighted by Gasteiger charge is -2.33. The molecule has 2 atom stereocenters. The van der Waals surface area contributed by atoms with E-state index >= 15 is 0 Å². The number of hydrogen-bond donors (Lipinski definition) is 2. The zero-order valence-electron chi connectivity index (χ0n) is 16.7. The van der Waals surface area contributed by atoms with E-state index in [2.05, 4.69) is 10.6 Å². The zero-order valence-corrected chi connectivity index (χ0v) is 18.3. The molecule has 160 valence electrons. The van der Waals surface area contributed by atoms with Crippen molar-refractivity contribution in [2.75, 3.05) is 30.7 Å². The van der Waals surface area contributed by atoms with Crippen LogP contribution in [-0.2, 0) is 4.79 Å². The minimum absolute atomic E-state index is 0.243. The maximum atomic E-state index is 13.2. The van der Waals surface area contributed by atoms with Gasteiger partial charge in [-0.2, -0.15) is 0 Å². The molecule has 3 amide bonds. The molecule has 8 heteroatoms. The number of benzene rings is 1. The molecule has 2 aliphatic heterocycles. The standard InChI is InChI=1S/C21H30FN3O2S2/c22-17-6-3-7-18(13-17)24-21(27)23-14-16-5-4-11-25(15-16)20(26)9-2-1-8-19-10-12-28-29-19/h3,6-7,13,16,19H,1-2,4-5,8-12,14-15H2,(H2,23,24,27). The molecule has 2 saturated heterocycles. The van der Waals surface area contributed by atoms with Crippen LogP contribution in [0.15, 0.2) is 24.3 Å². The first-order valence-corrected chi connectivity index (χ1v) is 12.8. The first-order chi connectivity index (χ1) is 14.1. The van der Waals surface area contributed by atoms with Crippen LogP contribution in [-0.4, -0.2) is 47.5 Å². The van der Waals surface area contributed by atoms with Gasteiger partial charge in [0.1, 0.15) is 5.82 Å². The number of carbonyl (C=O) groups is 2. The average Bonchev–Trinajstić information content (AvgIpc) is 3.23. The molecule has 0 aromatic heterocycles. The van der Waals surface area contributed by atoms with Crippen LogP contribution < -0.4 is 10.6 Å². The summed E-state index contributed by atoms with van der Waals surface area (Å²) in [4.78, 5) is 26.5. The highest BCUT2D eigenvalue weighted by atomic mass is 33.1. The summed E-state index contributed by atoms with van der Waals surface area (Å²) < 4.78 is 13.2. The van der Waals surface area contributed by atoms with Crippen molar-refractivity contribution in [3.05, 3.63) is 30.1 Å². The van der Waals surface area contributed by atoms with Crippen LogP contribution in [0.4, 0.5) is 14.9 Å². The maximum absolute atomic E-state index is 13.2. The van der Waals surface area contributed by atoms with Crippen molar-refractivity contribution in [3.63, 3.8) is 0 Å². The summed E-state index contributed by atoms with van der Waals surface area (Å²) in [6, 6.07) is 5.48. The molecular formula is C21H30FN3O2S2. The predicted molar refractivity (Wildman–Crippen MR) is 120 cm³/mol. The van der Waals surface area contributed by atoms with E-state index in [-0.39, 0.29) is 23.7 Å². The second-order valence-electron chi connectivity index (χ2n) is 7.77. The van der Waals surface area contributed by atoms with E-state index in [0.29, 0.717) is 25.2 Å². The number of amides is 3. The molecular weight excluding hydrogens is 409 g/mol. The highest BCUT2D eigenvalue weighted by molar-refractivity contribution is 8.77. The minimum Gasteiger partial charge on any atom is -0.342 e. The average molecular weight is 440 g/mol. The second-order valence-corrected chi connectivity index (χ2v) is 10.6. The molecule has 2 unspecified atom stereocenters. The number of anilines is 1. The zero-order chi connectivity index (χ0) is 20.5. The molecule has 2 aliphatic rings. The fraction of sp³-hybridized carbons (Fsp3) is 0.619. The van der Waals surface area contributed by atoms with Gasteiger partial charge >= 0.3 is 6.03 Å². The SMILES string of the molecule is O=C(NCC1CCCN(C(=O)CCCCC2CCSS2)C1)Nc1cccc(F)c1. The molecule has 0 aliphatic carbocycles. The van der Waals surface area contributed by atoms with Gasteiger partial charge in [0.2, 0.25) is 5.91 Å². The summed E-state index contributed by atoms with van der Waals surface area (Å²) in [5.41, 5.74) is 0.428. The van der Waals surface area contributed by atoms with Gasteiger partial charge in [-0.3, -0.25) is 4.79 Å². The highest BCUT2D eigenvalue weighted by Gasteiger charge is 2.24. The first kappa shape index (κ1) is 22.3. The van der Waals surface area contributed by atoms with E-state index < -0.39 is 0 Å². The number of piperidine rings is 1. The van der Waals surface area contributed by atoms with Gasteiger partial charge in [-0.1, -0.05) is 34.1 Å². The Kier molecular flexibility index (Phi) is 8.98. The Hall–Kier alpha value is -1.41. The maximum Gasteiger partial charge on any atom is 0.319 e. The van der Waals surface area contributed by atoms with Crippen molar-refractivity contribution in [2.45, 2.75) is 50.2 Å². The van der Waals surface area contributed by atoms with Gasteiger partial charge in [0.25, 0.3) is 0 Å². The summed E-state index contributed by atoms with van der Waals surface area (Å²) in [6.45, 7) is 2.04. The molecule has 1 aromatic rings.